The SMILES string of the molecule is CCOC(OCC)c1cc(-c2cc3ncc(C#N)c(Nc4cc(OC)c(Cl)cc4Cl)c3cc2OC)co1. The largest absolute Gasteiger partial charge is 0.496 e. The molecular formula is C27H25Cl2N3O5. The number of nitrogens with zero attached hydrogens (tertiary/aromatic N) is 2. The van der Waals surface area contributed by atoms with Gasteiger partial charge in [0, 0.05) is 42.0 Å². The van der Waals surface area contributed by atoms with Crippen LogP contribution in [0.15, 0.2) is 47.2 Å². The van der Waals surface area contributed by atoms with E-state index in [4.69, 9.17) is 46.6 Å². The van der Waals surface area contributed by atoms with Crippen molar-refractivity contribution in [2.75, 3.05) is 32.8 Å². The van der Waals surface area contributed by atoms with Gasteiger partial charge in [-0.1, -0.05) is 23.2 Å². The summed E-state index contributed by atoms with van der Waals surface area (Å²) in [6, 6.07) is 11.0. The number of hydrogen-bond donors (Lipinski definition) is 1. The highest BCUT2D eigenvalue weighted by Gasteiger charge is 2.20. The number of anilines is 2. The maximum absolute atomic E-state index is 9.80. The molecule has 0 atom stereocenters. The highest BCUT2D eigenvalue weighted by molar-refractivity contribution is 6.37. The van der Waals surface area contributed by atoms with Crippen LogP contribution >= 0.6 is 23.2 Å². The molecular weight excluding hydrogens is 517 g/mol. The molecule has 0 radical (unpaired) electrons. The van der Waals surface area contributed by atoms with E-state index in [0.717, 1.165) is 11.1 Å². The second-order valence-corrected chi connectivity index (χ2v) is 8.61. The van der Waals surface area contributed by atoms with Gasteiger partial charge >= 0.3 is 0 Å². The Morgan fingerprint density at radius 3 is 2.38 bits per heavy atom. The first-order valence-corrected chi connectivity index (χ1v) is 12.2. The number of pyridine rings is 1. The fourth-order valence-corrected chi connectivity index (χ4v) is 4.39. The van der Waals surface area contributed by atoms with Crippen molar-refractivity contribution in [3.8, 4) is 28.7 Å². The van der Waals surface area contributed by atoms with Crippen LogP contribution < -0.4 is 14.8 Å². The van der Waals surface area contributed by atoms with E-state index in [1.54, 1.807) is 25.5 Å². The van der Waals surface area contributed by atoms with Crippen molar-refractivity contribution in [3.05, 3.63) is 64.2 Å². The maximum Gasteiger partial charge on any atom is 0.217 e. The first-order chi connectivity index (χ1) is 17.9. The van der Waals surface area contributed by atoms with Crippen molar-refractivity contribution in [1.82, 2.24) is 4.98 Å². The summed E-state index contributed by atoms with van der Waals surface area (Å²) in [5.41, 5.74) is 3.52. The van der Waals surface area contributed by atoms with Crippen LogP contribution in [0.25, 0.3) is 22.0 Å². The standard InChI is InChI=1S/C27H25Cl2N3O5/c1-5-35-27(36-6-2)25-7-15(14-37-25)17-8-21-18(9-23(17)33-3)26(16(12-30)13-31-21)32-22-11-24(34-4)20(29)10-19(22)28/h7-11,13-14,27H,5-6H2,1-4H3,(H,31,32). The number of aromatic nitrogens is 1. The molecule has 0 spiro atoms. The summed E-state index contributed by atoms with van der Waals surface area (Å²) < 4.78 is 28.1. The van der Waals surface area contributed by atoms with E-state index < -0.39 is 6.29 Å². The van der Waals surface area contributed by atoms with E-state index in [9.17, 15) is 5.26 Å². The van der Waals surface area contributed by atoms with Gasteiger partial charge in [-0.2, -0.15) is 5.26 Å². The normalized spacial score (nSPS) is 11.1. The fraction of sp³-hybridized carbons (Fsp3) is 0.259. The van der Waals surface area contributed by atoms with Gasteiger partial charge in [-0.05, 0) is 38.1 Å². The number of hydrogen-bond acceptors (Lipinski definition) is 8. The summed E-state index contributed by atoms with van der Waals surface area (Å²) in [7, 11) is 3.09. The second-order valence-electron chi connectivity index (χ2n) is 7.80. The van der Waals surface area contributed by atoms with Crippen molar-refractivity contribution in [2.45, 2.75) is 20.1 Å². The molecule has 0 saturated heterocycles. The highest BCUT2D eigenvalue weighted by atomic mass is 35.5. The Labute approximate surface area is 224 Å². The Morgan fingerprint density at radius 1 is 1.00 bits per heavy atom. The van der Waals surface area contributed by atoms with Crippen molar-refractivity contribution < 1.29 is 23.4 Å². The van der Waals surface area contributed by atoms with E-state index >= 15 is 0 Å². The molecule has 4 aromatic rings. The van der Waals surface area contributed by atoms with Gasteiger partial charge in [-0.15, -0.1) is 0 Å². The van der Waals surface area contributed by atoms with Crippen LogP contribution in [-0.4, -0.2) is 32.4 Å². The number of furan rings is 1. The van der Waals surface area contributed by atoms with Crippen LogP contribution in [0.3, 0.4) is 0 Å². The van der Waals surface area contributed by atoms with Gasteiger partial charge in [-0.25, -0.2) is 0 Å². The molecule has 0 aliphatic rings. The first-order valence-electron chi connectivity index (χ1n) is 11.5. The smallest absolute Gasteiger partial charge is 0.217 e. The molecule has 2 heterocycles. The number of rotatable bonds is 10. The molecule has 192 valence electrons. The second kappa shape index (κ2) is 11.7. The monoisotopic (exact) mass is 541 g/mol. The summed E-state index contributed by atoms with van der Waals surface area (Å²) in [4.78, 5) is 4.51. The van der Waals surface area contributed by atoms with Gasteiger partial charge in [0.25, 0.3) is 0 Å². The molecule has 1 N–H and O–H groups in total. The van der Waals surface area contributed by atoms with Gasteiger partial charge < -0.3 is 28.7 Å². The lowest BCUT2D eigenvalue weighted by molar-refractivity contribution is -0.150. The van der Waals surface area contributed by atoms with Crippen molar-refractivity contribution in [1.29, 1.82) is 5.26 Å². The first kappa shape index (κ1) is 26.6. The van der Waals surface area contributed by atoms with Gasteiger partial charge in [-0.3, -0.25) is 4.98 Å². The molecule has 0 unspecified atom stereocenters. The topological polar surface area (TPSA) is 98.8 Å². The van der Waals surface area contributed by atoms with Gasteiger partial charge in [0.1, 0.15) is 17.6 Å². The predicted molar refractivity (Wildman–Crippen MR) is 143 cm³/mol. The van der Waals surface area contributed by atoms with Crippen LogP contribution in [0.2, 0.25) is 10.0 Å². The number of ether oxygens (including phenoxy) is 4. The minimum absolute atomic E-state index is 0.328. The summed E-state index contributed by atoms with van der Waals surface area (Å²) >= 11 is 12.6. The minimum Gasteiger partial charge on any atom is -0.496 e. The van der Waals surface area contributed by atoms with E-state index in [2.05, 4.69) is 16.4 Å². The van der Waals surface area contributed by atoms with Crippen LogP contribution in [0.4, 0.5) is 11.4 Å². The summed E-state index contributed by atoms with van der Waals surface area (Å²) in [5, 5.41) is 14.5. The van der Waals surface area contributed by atoms with Crippen molar-refractivity contribution in [2.24, 2.45) is 0 Å². The molecule has 2 aromatic heterocycles. The minimum atomic E-state index is -0.608. The third-order valence-corrected chi connectivity index (χ3v) is 6.22. The molecule has 0 amide bonds. The van der Waals surface area contributed by atoms with Gasteiger partial charge in [0.15, 0.2) is 5.76 Å². The summed E-state index contributed by atoms with van der Waals surface area (Å²) in [6.07, 6.45) is 2.51. The third kappa shape index (κ3) is 5.45. The van der Waals surface area contributed by atoms with E-state index in [1.807, 2.05) is 32.0 Å². The average Bonchev–Trinajstić information content (AvgIpc) is 3.39. The zero-order chi connectivity index (χ0) is 26.5. The number of benzene rings is 2. The quantitative estimate of drug-likeness (QED) is 0.206. The van der Waals surface area contributed by atoms with Gasteiger partial charge in [0.2, 0.25) is 6.29 Å². The lowest BCUT2D eigenvalue weighted by atomic mass is 10.0. The highest BCUT2D eigenvalue weighted by Crippen LogP contribution is 2.41. The number of nitriles is 1. The van der Waals surface area contributed by atoms with Crippen LogP contribution in [0.1, 0.15) is 31.5 Å². The number of nitrogens with one attached hydrogen (secondary N) is 1. The fourth-order valence-electron chi connectivity index (χ4n) is 3.88. The van der Waals surface area contributed by atoms with Crippen molar-refractivity contribution >= 4 is 45.5 Å². The van der Waals surface area contributed by atoms with E-state index in [1.165, 1.54) is 13.3 Å². The van der Waals surface area contributed by atoms with Crippen LogP contribution in [-0.2, 0) is 9.47 Å². The lowest BCUT2D eigenvalue weighted by Crippen LogP contribution is -2.07. The van der Waals surface area contributed by atoms with Crippen LogP contribution in [0, 0.1) is 11.3 Å². The predicted octanol–water partition coefficient (Wildman–Crippen LogP) is 7.51. The molecule has 4 rings (SSSR count). The van der Waals surface area contributed by atoms with E-state index in [0.29, 0.717) is 68.4 Å². The van der Waals surface area contributed by atoms with Crippen LogP contribution in [0.5, 0.6) is 11.5 Å². The molecule has 0 saturated carbocycles. The summed E-state index contributed by atoms with van der Waals surface area (Å²) in [5.74, 6) is 1.55. The molecule has 0 aliphatic heterocycles. The number of fused-ring (bicyclic) bond motifs is 1. The third-order valence-electron chi connectivity index (χ3n) is 5.61. The molecule has 0 aliphatic carbocycles. The molecule has 2 aromatic carbocycles. The lowest BCUT2D eigenvalue weighted by Gasteiger charge is -2.16. The zero-order valence-electron chi connectivity index (χ0n) is 20.7. The molecule has 0 fully saturated rings. The Morgan fingerprint density at radius 2 is 1.73 bits per heavy atom. The molecule has 8 nitrogen and oxygen atoms in total. The number of halogens is 2. The Hall–Kier alpha value is -3.48. The molecule has 37 heavy (non-hydrogen) atoms. The van der Waals surface area contributed by atoms with E-state index in [-0.39, 0.29) is 0 Å². The summed E-state index contributed by atoms with van der Waals surface area (Å²) in [6.45, 7) is 4.74. The molecule has 0 bridgehead atoms. The maximum atomic E-state index is 9.80. The zero-order valence-corrected chi connectivity index (χ0v) is 22.2. The Balaban J connectivity index is 1.82. The van der Waals surface area contributed by atoms with Gasteiger partial charge in [0.05, 0.1) is 53.0 Å². The number of methoxy groups -OCH3 is 2. The Kier molecular flexibility index (Phi) is 8.41. The Bertz CT molecular complexity index is 1460. The molecule has 10 heteroatoms. The van der Waals surface area contributed by atoms with Crippen molar-refractivity contribution in [3.63, 3.8) is 0 Å². The average molecular weight is 542 g/mol.